The van der Waals surface area contributed by atoms with Gasteiger partial charge >= 0.3 is 0 Å². The van der Waals surface area contributed by atoms with E-state index in [0.717, 1.165) is 23.0 Å². The van der Waals surface area contributed by atoms with Crippen LogP contribution in [-0.2, 0) is 17.9 Å². The van der Waals surface area contributed by atoms with Crippen molar-refractivity contribution in [2.75, 3.05) is 20.7 Å². The number of rotatable bonds is 8. The maximum absolute atomic E-state index is 5.82. The molecule has 0 bridgehead atoms. The maximum Gasteiger partial charge on any atom is 0.191 e. The number of ether oxygens (including phenoxy) is 2. The summed E-state index contributed by atoms with van der Waals surface area (Å²) in [6.45, 7) is 5.81. The molecule has 0 radical (unpaired) electrons. The van der Waals surface area contributed by atoms with Crippen molar-refractivity contribution in [1.82, 2.24) is 15.6 Å². The van der Waals surface area contributed by atoms with Crippen LogP contribution in [0.3, 0.4) is 0 Å². The van der Waals surface area contributed by atoms with E-state index in [-0.39, 0.29) is 29.6 Å². The van der Waals surface area contributed by atoms with Crippen molar-refractivity contribution >= 4 is 29.9 Å². The molecule has 6 nitrogen and oxygen atoms in total. The minimum Gasteiger partial charge on any atom is -0.487 e. The molecule has 1 heterocycles. The number of guanidine groups is 1. The Bertz CT molecular complexity index is 708. The third kappa shape index (κ3) is 8.57. The van der Waals surface area contributed by atoms with E-state index in [4.69, 9.17) is 9.47 Å². The third-order valence-corrected chi connectivity index (χ3v) is 3.93. The quantitative estimate of drug-likeness (QED) is 0.342. The Balaban J connectivity index is 0.00000364. The van der Waals surface area contributed by atoms with Gasteiger partial charge in [-0.1, -0.05) is 18.2 Å². The number of pyridine rings is 1. The van der Waals surface area contributed by atoms with Gasteiger partial charge in [0, 0.05) is 33.4 Å². The summed E-state index contributed by atoms with van der Waals surface area (Å²) >= 11 is 0. The highest BCUT2D eigenvalue weighted by atomic mass is 127. The van der Waals surface area contributed by atoms with Gasteiger partial charge in [-0.25, -0.2) is 0 Å². The Labute approximate surface area is 178 Å². The van der Waals surface area contributed by atoms with Crippen molar-refractivity contribution < 1.29 is 9.47 Å². The molecular formula is C20H29IN4O2. The molecule has 0 saturated heterocycles. The van der Waals surface area contributed by atoms with Gasteiger partial charge in [0.1, 0.15) is 12.4 Å². The number of nitrogens with one attached hydrogen (secondary N) is 2. The van der Waals surface area contributed by atoms with Gasteiger partial charge in [-0.3, -0.25) is 9.98 Å². The summed E-state index contributed by atoms with van der Waals surface area (Å²) in [7, 11) is 3.45. The average molecular weight is 484 g/mol. The SMILES string of the molecule is CN=C(NCc1cccc(OCc2ccccn2)c1)NCC(C)(C)OC.I. The van der Waals surface area contributed by atoms with E-state index in [0.29, 0.717) is 19.7 Å². The fraction of sp³-hybridized carbons (Fsp3) is 0.400. The van der Waals surface area contributed by atoms with Gasteiger partial charge in [0.2, 0.25) is 0 Å². The molecule has 148 valence electrons. The van der Waals surface area contributed by atoms with Crippen LogP contribution in [0.15, 0.2) is 53.7 Å². The summed E-state index contributed by atoms with van der Waals surface area (Å²) in [6, 6.07) is 13.8. The second kappa shape index (κ2) is 11.8. The predicted octanol–water partition coefficient (Wildman–Crippen LogP) is 3.37. The average Bonchev–Trinajstić information content (AvgIpc) is 2.67. The minimum atomic E-state index is -0.253. The van der Waals surface area contributed by atoms with E-state index in [2.05, 4.69) is 20.6 Å². The molecule has 0 spiro atoms. The molecule has 2 rings (SSSR count). The molecule has 1 aromatic heterocycles. The van der Waals surface area contributed by atoms with Crippen molar-refractivity contribution in [3.8, 4) is 5.75 Å². The van der Waals surface area contributed by atoms with Crippen LogP contribution in [0.5, 0.6) is 5.75 Å². The lowest BCUT2D eigenvalue weighted by Gasteiger charge is -2.24. The molecule has 0 aliphatic rings. The van der Waals surface area contributed by atoms with E-state index < -0.39 is 0 Å². The molecule has 0 aliphatic heterocycles. The van der Waals surface area contributed by atoms with Gasteiger partial charge in [-0.15, -0.1) is 24.0 Å². The lowest BCUT2D eigenvalue weighted by Crippen LogP contribution is -2.45. The second-order valence-corrected chi connectivity index (χ2v) is 6.50. The topological polar surface area (TPSA) is 67.8 Å². The van der Waals surface area contributed by atoms with Crippen molar-refractivity contribution in [2.24, 2.45) is 4.99 Å². The summed E-state index contributed by atoms with van der Waals surface area (Å²) in [5.41, 5.74) is 1.76. The molecule has 27 heavy (non-hydrogen) atoms. The number of benzene rings is 1. The van der Waals surface area contributed by atoms with E-state index >= 15 is 0 Å². The predicted molar refractivity (Wildman–Crippen MR) is 120 cm³/mol. The summed E-state index contributed by atoms with van der Waals surface area (Å²) < 4.78 is 11.2. The van der Waals surface area contributed by atoms with Crippen molar-refractivity contribution in [2.45, 2.75) is 32.6 Å². The summed E-state index contributed by atoms with van der Waals surface area (Å²) in [4.78, 5) is 8.50. The summed E-state index contributed by atoms with van der Waals surface area (Å²) in [6.07, 6.45) is 1.77. The lowest BCUT2D eigenvalue weighted by molar-refractivity contribution is 0.0268. The molecule has 0 amide bonds. The third-order valence-electron chi connectivity index (χ3n) is 3.93. The molecule has 2 aromatic rings. The first-order chi connectivity index (χ1) is 12.5. The first kappa shape index (κ1) is 23.2. The van der Waals surface area contributed by atoms with E-state index in [9.17, 15) is 0 Å². The van der Waals surface area contributed by atoms with Crippen LogP contribution in [0, 0.1) is 0 Å². The Morgan fingerprint density at radius 2 is 1.96 bits per heavy atom. The molecule has 0 aliphatic carbocycles. The normalized spacial score (nSPS) is 11.5. The number of halogens is 1. The van der Waals surface area contributed by atoms with Crippen molar-refractivity contribution in [1.29, 1.82) is 0 Å². The summed E-state index contributed by atoms with van der Waals surface area (Å²) in [5.74, 6) is 1.55. The van der Waals surface area contributed by atoms with Crippen LogP contribution in [0.25, 0.3) is 0 Å². The molecule has 0 atom stereocenters. The zero-order chi connectivity index (χ0) is 18.8. The maximum atomic E-state index is 5.82. The Morgan fingerprint density at radius 1 is 1.15 bits per heavy atom. The fourth-order valence-electron chi connectivity index (χ4n) is 2.16. The standard InChI is InChI=1S/C20H28N4O2.HI/c1-20(2,25-4)15-24-19(21-3)23-13-16-8-7-10-18(12-16)26-14-17-9-5-6-11-22-17;/h5-12H,13-15H2,1-4H3,(H2,21,23,24);1H. The molecule has 0 unspecified atom stereocenters. The number of hydrogen-bond acceptors (Lipinski definition) is 4. The minimum absolute atomic E-state index is 0. The van der Waals surface area contributed by atoms with E-state index in [1.54, 1.807) is 20.4 Å². The van der Waals surface area contributed by atoms with Gasteiger partial charge in [-0.2, -0.15) is 0 Å². The Morgan fingerprint density at radius 3 is 2.63 bits per heavy atom. The van der Waals surface area contributed by atoms with Crippen LogP contribution < -0.4 is 15.4 Å². The van der Waals surface area contributed by atoms with Crippen LogP contribution in [0.2, 0.25) is 0 Å². The largest absolute Gasteiger partial charge is 0.487 e. The van der Waals surface area contributed by atoms with Gasteiger partial charge < -0.3 is 20.1 Å². The van der Waals surface area contributed by atoms with Gasteiger partial charge in [0.05, 0.1) is 11.3 Å². The molecule has 0 fully saturated rings. The summed E-state index contributed by atoms with van der Waals surface area (Å²) in [5, 5.41) is 6.57. The highest BCUT2D eigenvalue weighted by molar-refractivity contribution is 14.0. The van der Waals surface area contributed by atoms with E-state index in [1.165, 1.54) is 0 Å². The van der Waals surface area contributed by atoms with Gasteiger partial charge in [0.25, 0.3) is 0 Å². The van der Waals surface area contributed by atoms with Gasteiger partial charge in [0.15, 0.2) is 5.96 Å². The van der Waals surface area contributed by atoms with Crippen molar-refractivity contribution in [3.63, 3.8) is 0 Å². The van der Waals surface area contributed by atoms with E-state index in [1.807, 2.05) is 56.3 Å². The zero-order valence-electron chi connectivity index (χ0n) is 16.4. The Kier molecular flexibility index (Phi) is 10.1. The zero-order valence-corrected chi connectivity index (χ0v) is 18.7. The molecular weight excluding hydrogens is 455 g/mol. The molecule has 1 aromatic carbocycles. The van der Waals surface area contributed by atoms with Crippen LogP contribution in [0.1, 0.15) is 25.1 Å². The number of methoxy groups -OCH3 is 1. The molecule has 0 saturated carbocycles. The highest BCUT2D eigenvalue weighted by Crippen LogP contribution is 2.14. The first-order valence-corrected chi connectivity index (χ1v) is 8.64. The number of nitrogens with zero attached hydrogens (tertiary/aromatic N) is 2. The molecule has 7 heteroatoms. The number of aromatic nitrogens is 1. The molecule has 2 N–H and O–H groups in total. The van der Waals surface area contributed by atoms with Crippen molar-refractivity contribution in [3.05, 3.63) is 59.9 Å². The number of hydrogen-bond donors (Lipinski definition) is 2. The Hall–Kier alpha value is -1.87. The lowest BCUT2D eigenvalue weighted by atomic mass is 10.1. The highest BCUT2D eigenvalue weighted by Gasteiger charge is 2.16. The monoisotopic (exact) mass is 484 g/mol. The van der Waals surface area contributed by atoms with Crippen LogP contribution in [0.4, 0.5) is 0 Å². The van der Waals surface area contributed by atoms with Gasteiger partial charge in [-0.05, 0) is 43.7 Å². The first-order valence-electron chi connectivity index (χ1n) is 8.64. The van der Waals surface area contributed by atoms with Crippen LogP contribution >= 0.6 is 24.0 Å². The second-order valence-electron chi connectivity index (χ2n) is 6.50. The number of aliphatic imine (C=N–C) groups is 1. The smallest absolute Gasteiger partial charge is 0.191 e. The van der Waals surface area contributed by atoms with Crippen LogP contribution in [-0.4, -0.2) is 37.2 Å². The fourth-order valence-corrected chi connectivity index (χ4v) is 2.16.